The number of amidine groups is 1. The molecule has 3 rings (SSSR count). The summed E-state index contributed by atoms with van der Waals surface area (Å²) in [6, 6.07) is 15.7. The van der Waals surface area contributed by atoms with E-state index >= 15 is 0 Å². The Morgan fingerprint density at radius 3 is 2.39 bits per heavy atom. The quantitative estimate of drug-likeness (QED) is 0.895. The first-order chi connectivity index (χ1) is 11.1. The van der Waals surface area contributed by atoms with Gasteiger partial charge in [-0.3, -0.25) is 4.79 Å². The molecule has 1 heterocycles. The second kappa shape index (κ2) is 7.20. The lowest BCUT2D eigenvalue weighted by Crippen LogP contribution is -2.25. The highest BCUT2D eigenvalue weighted by atomic mass is 35.5. The van der Waals surface area contributed by atoms with Crippen LogP contribution in [-0.4, -0.2) is 16.3 Å². The third kappa shape index (κ3) is 4.15. The topological polar surface area (TPSA) is 41.5 Å². The monoisotopic (exact) mass is 344 g/mol. The molecule has 1 saturated heterocycles. The van der Waals surface area contributed by atoms with Crippen LogP contribution in [-0.2, 0) is 17.6 Å². The summed E-state index contributed by atoms with van der Waals surface area (Å²) in [7, 11) is 0. The standard InChI is InChI=1S/C18H17ClN2OS/c1-2-12-5-9-15(10-6-12)20-18-21-17(22)16(23-18)11-13-3-7-14(19)8-4-13/h3-10,16H,2,11H2,1H3,(H,20,21,22). The highest BCUT2D eigenvalue weighted by Gasteiger charge is 2.30. The van der Waals surface area contributed by atoms with Crippen LogP contribution in [0.4, 0.5) is 5.69 Å². The van der Waals surface area contributed by atoms with E-state index < -0.39 is 0 Å². The number of aliphatic imine (C=N–C) groups is 1. The molecule has 1 aliphatic rings. The molecule has 1 amide bonds. The number of halogens is 1. The van der Waals surface area contributed by atoms with Gasteiger partial charge < -0.3 is 5.32 Å². The molecule has 0 bridgehead atoms. The van der Waals surface area contributed by atoms with Gasteiger partial charge in [0.15, 0.2) is 5.17 Å². The van der Waals surface area contributed by atoms with E-state index in [2.05, 4.69) is 29.4 Å². The maximum atomic E-state index is 12.1. The van der Waals surface area contributed by atoms with E-state index in [4.69, 9.17) is 11.6 Å². The summed E-state index contributed by atoms with van der Waals surface area (Å²) < 4.78 is 0. The number of benzene rings is 2. The van der Waals surface area contributed by atoms with Crippen LogP contribution in [0.3, 0.4) is 0 Å². The number of aryl methyl sites for hydroxylation is 1. The van der Waals surface area contributed by atoms with Gasteiger partial charge in [0.2, 0.25) is 5.91 Å². The Labute approximate surface area is 145 Å². The Hall–Kier alpha value is -1.78. The van der Waals surface area contributed by atoms with Crippen molar-refractivity contribution in [3.8, 4) is 0 Å². The number of nitrogens with one attached hydrogen (secondary N) is 1. The van der Waals surface area contributed by atoms with Gasteiger partial charge in [0.1, 0.15) is 0 Å². The SMILES string of the molecule is CCc1ccc(N=C2NC(=O)C(Cc3ccc(Cl)cc3)S2)cc1. The van der Waals surface area contributed by atoms with Crippen molar-refractivity contribution < 1.29 is 4.79 Å². The van der Waals surface area contributed by atoms with Gasteiger partial charge in [-0.1, -0.05) is 54.6 Å². The molecular formula is C18H17ClN2OS. The van der Waals surface area contributed by atoms with E-state index in [1.54, 1.807) is 0 Å². The molecule has 0 radical (unpaired) electrons. The number of rotatable bonds is 4. The van der Waals surface area contributed by atoms with Crippen LogP contribution in [0.15, 0.2) is 53.5 Å². The number of hydrogen-bond donors (Lipinski definition) is 1. The summed E-state index contributed by atoms with van der Waals surface area (Å²) in [5.74, 6) is 0.00822. The Morgan fingerprint density at radius 1 is 1.09 bits per heavy atom. The van der Waals surface area contributed by atoms with Crippen LogP contribution >= 0.6 is 23.4 Å². The summed E-state index contributed by atoms with van der Waals surface area (Å²) >= 11 is 7.37. The van der Waals surface area contributed by atoms with Crippen molar-refractivity contribution >= 4 is 40.1 Å². The molecule has 0 spiro atoms. The molecule has 1 aliphatic heterocycles. The summed E-state index contributed by atoms with van der Waals surface area (Å²) in [6.07, 6.45) is 1.67. The van der Waals surface area contributed by atoms with Gasteiger partial charge in [0, 0.05) is 5.02 Å². The minimum atomic E-state index is -0.148. The van der Waals surface area contributed by atoms with E-state index in [1.165, 1.54) is 17.3 Å². The van der Waals surface area contributed by atoms with Gasteiger partial charge in [0.25, 0.3) is 0 Å². The van der Waals surface area contributed by atoms with Crippen molar-refractivity contribution in [2.24, 2.45) is 4.99 Å². The van der Waals surface area contributed by atoms with E-state index in [-0.39, 0.29) is 11.2 Å². The second-order valence-corrected chi connectivity index (χ2v) is 6.99. The van der Waals surface area contributed by atoms with Gasteiger partial charge in [-0.25, -0.2) is 4.99 Å². The van der Waals surface area contributed by atoms with Crippen LogP contribution in [0.1, 0.15) is 18.1 Å². The Morgan fingerprint density at radius 2 is 1.74 bits per heavy atom. The average Bonchev–Trinajstić information content (AvgIpc) is 2.90. The van der Waals surface area contributed by atoms with Gasteiger partial charge in [-0.2, -0.15) is 0 Å². The first-order valence-corrected chi connectivity index (χ1v) is 8.79. The fourth-order valence-electron chi connectivity index (χ4n) is 2.35. The molecule has 118 valence electrons. The molecule has 23 heavy (non-hydrogen) atoms. The van der Waals surface area contributed by atoms with Gasteiger partial charge in [-0.15, -0.1) is 0 Å². The molecule has 5 heteroatoms. The Kier molecular flexibility index (Phi) is 5.03. The lowest BCUT2D eigenvalue weighted by molar-refractivity contribution is -0.118. The lowest BCUT2D eigenvalue weighted by Gasteiger charge is -2.05. The van der Waals surface area contributed by atoms with Crippen molar-refractivity contribution in [2.75, 3.05) is 0 Å². The molecule has 0 aliphatic carbocycles. The summed E-state index contributed by atoms with van der Waals surface area (Å²) in [4.78, 5) is 16.6. The zero-order valence-electron chi connectivity index (χ0n) is 12.8. The van der Waals surface area contributed by atoms with Crippen LogP contribution < -0.4 is 5.32 Å². The number of thioether (sulfide) groups is 1. The predicted octanol–water partition coefficient (Wildman–Crippen LogP) is 4.36. The Balaban J connectivity index is 1.68. The van der Waals surface area contributed by atoms with Crippen LogP contribution in [0.2, 0.25) is 5.02 Å². The molecule has 0 saturated carbocycles. The molecule has 1 unspecified atom stereocenters. The minimum Gasteiger partial charge on any atom is -0.304 e. The van der Waals surface area contributed by atoms with Crippen LogP contribution in [0.5, 0.6) is 0 Å². The van der Waals surface area contributed by atoms with Crippen LogP contribution in [0.25, 0.3) is 0 Å². The van der Waals surface area contributed by atoms with Gasteiger partial charge in [-0.05, 0) is 48.2 Å². The van der Waals surface area contributed by atoms with Crippen molar-refractivity contribution in [1.29, 1.82) is 0 Å². The largest absolute Gasteiger partial charge is 0.304 e. The minimum absolute atomic E-state index is 0.00822. The zero-order valence-corrected chi connectivity index (χ0v) is 14.3. The molecule has 0 aromatic heterocycles. The number of nitrogens with zero attached hydrogens (tertiary/aromatic N) is 1. The number of carbonyl (C=O) groups is 1. The fraction of sp³-hybridized carbons (Fsp3) is 0.222. The molecule has 2 aromatic carbocycles. The second-order valence-electron chi connectivity index (χ2n) is 5.36. The molecule has 1 atom stereocenters. The fourth-order valence-corrected chi connectivity index (χ4v) is 3.51. The van der Waals surface area contributed by atoms with Crippen molar-refractivity contribution in [3.05, 3.63) is 64.7 Å². The van der Waals surface area contributed by atoms with E-state index in [9.17, 15) is 4.79 Å². The average molecular weight is 345 g/mol. The van der Waals surface area contributed by atoms with Gasteiger partial charge in [0.05, 0.1) is 10.9 Å². The molecule has 1 N–H and O–H groups in total. The third-order valence-electron chi connectivity index (χ3n) is 3.69. The maximum Gasteiger partial charge on any atom is 0.239 e. The highest BCUT2D eigenvalue weighted by Crippen LogP contribution is 2.26. The molecular weight excluding hydrogens is 328 g/mol. The smallest absolute Gasteiger partial charge is 0.239 e. The predicted molar refractivity (Wildman–Crippen MR) is 97.6 cm³/mol. The Bertz CT molecular complexity index is 726. The molecule has 1 fully saturated rings. The lowest BCUT2D eigenvalue weighted by atomic mass is 10.1. The highest BCUT2D eigenvalue weighted by molar-refractivity contribution is 8.15. The van der Waals surface area contributed by atoms with Crippen molar-refractivity contribution in [3.63, 3.8) is 0 Å². The summed E-state index contributed by atoms with van der Waals surface area (Å²) in [5, 5.41) is 4.08. The molecule has 3 nitrogen and oxygen atoms in total. The van der Waals surface area contributed by atoms with Gasteiger partial charge >= 0.3 is 0 Å². The van der Waals surface area contributed by atoms with Crippen molar-refractivity contribution in [2.45, 2.75) is 25.0 Å². The van der Waals surface area contributed by atoms with E-state index in [0.717, 1.165) is 17.7 Å². The normalized spacial score (nSPS) is 19.1. The summed E-state index contributed by atoms with van der Waals surface area (Å²) in [5.41, 5.74) is 3.23. The first-order valence-electron chi connectivity index (χ1n) is 7.53. The molecule has 2 aromatic rings. The van der Waals surface area contributed by atoms with E-state index in [0.29, 0.717) is 16.6 Å². The zero-order chi connectivity index (χ0) is 16.2. The van der Waals surface area contributed by atoms with Crippen molar-refractivity contribution in [1.82, 2.24) is 5.32 Å². The maximum absolute atomic E-state index is 12.1. The van der Waals surface area contributed by atoms with E-state index in [1.807, 2.05) is 36.4 Å². The number of amides is 1. The number of hydrogen-bond acceptors (Lipinski definition) is 3. The third-order valence-corrected chi connectivity index (χ3v) is 5.02. The van der Waals surface area contributed by atoms with Crippen LogP contribution in [0, 0.1) is 0 Å². The summed E-state index contributed by atoms with van der Waals surface area (Å²) in [6.45, 7) is 2.12. The first kappa shape index (κ1) is 16.1. The number of carbonyl (C=O) groups excluding carboxylic acids is 1.